The third kappa shape index (κ3) is 1.71. The minimum Gasteiger partial charge on any atom is -0.493 e. The van der Waals surface area contributed by atoms with Crippen molar-refractivity contribution in [2.45, 2.75) is 6.92 Å². The van der Waals surface area contributed by atoms with Gasteiger partial charge < -0.3 is 4.74 Å². The summed E-state index contributed by atoms with van der Waals surface area (Å²) in [5.41, 5.74) is 0. The average molecular weight is 257 g/mol. The van der Waals surface area contributed by atoms with Crippen molar-refractivity contribution in [2.24, 2.45) is 0 Å². The van der Waals surface area contributed by atoms with Crippen LogP contribution in [0.1, 0.15) is 6.92 Å². The highest BCUT2D eigenvalue weighted by molar-refractivity contribution is 9.10. The molecule has 13 heavy (non-hydrogen) atoms. The number of hydrogen-bond acceptors (Lipinski definition) is 2. The van der Waals surface area contributed by atoms with Crippen molar-refractivity contribution in [2.75, 3.05) is 6.61 Å². The van der Waals surface area contributed by atoms with Gasteiger partial charge in [0.05, 0.1) is 11.1 Å². The summed E-state index contributed by atoms with van der Waals surface area (Å²) in [7, 11) is 0. The fraction of sp³-hybridized carbons (Fsp3) is 0.200. The summed E-state index contributed by atoms with van der Waals surface area (Å²) in [6.45, 7) is 2.69. The first kappa shape index (κ1) is 9.03. The summed E-state index contributed by atoms with van der Waals surface area (Å²) in [6.07, 6.45) is 0. The molecule has 1 heterocycles. The molecule has 0 spiro atoms. The molecule has 0 bridgehead atoms. The number of rotatable bonds is 2. The molecule has 0 radical (unpaired) electrons. The molecular weight excluding hydrogens is 248 g/mol. The topological polar surface area (TPSA) is 9.23 Å². The summed E-state index contributed by atoms with van der Waals surface area (Å²) in [4.78, 5) is 0. The molecule has 0 saturated carbocycles. The lowest BCUT2D eigenvalue weighted by molar-refractivity contribution is 0.338. The molecule has 0 aliphatic heterocycles. The number of ether oxygens (including phenoxy) is 1. The minimum absolute atomic E-state index is 0.704. The van der Waals surface area contributed by atoms with E-state index in [1.165, 1.54) is 10.1 Å². The van der Waals surface area contributed by atoms with Gasteiger partial charge in [-0.3, -0.25) is 0 Å². The van der Waals surface area contributed by atoms with Crippen molar-refractivity contribution in [1.29, 1.82) is 0 Å². The maximum Gasteiger partial charge on any atom is 0.134 e. The predicted molar refractivity (Wildman–Crippen MR) is 60.7 cm³/mol. The van der Waals surface area contributed by atoms with Crippen LogP contribution < -0.4 is 4.74 Å². The van der Waals surface area contributed by atoms with Gasteiger partial charge in [0, 0.05) is 4.70 Å². The van der Waals surface area contributed by atoms with E-state index in [0.717, 1.165) is 10.2 Å². The zero-order valence-corrected chi connectivity index (χ0v) is 9.61. The van der Waals surface area contributed by atoms with E-state index in [1.807, 2.05) is 6.92 Å². The number of fused-ring (bicyclic) bond motifs is 1. The molecule has 0 fully saturated rings. The lowest BCUT2D eigenvalue weighted by Crippen LogP contribution is -1.91. The monoisotopic (exact) mass is 256 g/mol. The van der Waals surface area contributed by atoms with Gasteiger partial charge in [-0.2, -0.15) is 0 Å². The zero-order valence-electron chi connectivity index (χ0n) is 7.21. The zero-order chi connectivity index (χ0) is 9.26. The van der Waals surface area contributed by atoms with Gasteiger partial charge in [-0.05, 0) is 51.8 Å². The molecule has 1 aromatic carbocycles. The Bertz CT molecular complexity index is 422. The maximum atomic E-state index is 5.47. The smallest absolute Gasteiger partial charge is 0.134 e. The SMILES string of the molecule is CCOc1cc2sccc2cc1Br. The molecule has 0 unspecified atom stereocenters. The Morgan fingerprint density at radius 1 is 1.46 bits per heavy atom. The average Bonchev–Trinajstić information content (AvgIpc) is 2.52. The number of thiophene rings is 1. The van der Waals surface area contributed by atoms with Crippen LogP contribution in [0, 0.1) is 0 Å². The minimum atomic E-state index is 0.704. The van der Waals surface area contributed by atoms with Crippen molar-refractivity contribution in [1.82, 2.24) is 0 Å². The van der Waals surface area contributed by atoms with Gasteiger partial charge in [0.25, 0.3) is 0 Å². The van der Waals surface area contributed by atoms with Gasteiger partial charge in [-0.25, -0.2) is 0 Å². The number of halogens is 1. The second-order valence-corrected chi connectivity index (χ2v) is 4.48. The predicted octanol–water partition coefficient (Wildman–Crippen LogP) is 4.06. The molecule has 1 nitrogen and oxygen atoms in total. The third-order valence-electron chi connectivity index (χ3n) is 1.81. The van der Waals surface area contributed by atoms with Crippen LogP contribution in [0.3, 0.4) is 0 Å². The van der Waals surface area contributed by atoms with E-state index >= 15 is 0 Å². The first-order valence-electron chi connectivity index (χ1n) is 4.11. The highest BCUT2D eigenvalue weighted by Gasteiger charge is 2.03. The van der Waals surface area contributed by atoms with Crippen LogP contribution in [-0.4, -0.2) is 6.61 Å². The molecule has 0 aliphatic carbocycles. The van der Waals surface area contributed by atoms with E-state index in [4.69, 9.17) is 4.74 Å². The van der Waals surface area contributed by atoms with Crippen LogP contribution in [0.5, 0.6) is 5.75 Å². The van der Waals surface area contributed by atoms with E-state index in [-0.39, 0.29) is 0 Å². The van der Waals surface area contributed by atoms with Gasteiger partial charge >= 0.3 is 0 Å². The summed E-state index contributed by atoms with van der Waals surface area (Å²) in [5.74, 6) is 0.928. The number of benzene rings is 1. The fourth-order valence-corrected chi connectivity index (χ4v) is 2.50. The second kappa shape index (κ2) is 3.68. The van der Waals surface area contributed by atoms with Crippen molar-refractivity contribution in [3.05, 3.63) is 28.1 Å². The molecule has 0 aliphatic rings. The number of hydrogen-bond donors (Lipinski definition) is 0. The summed E-state index contributed by atoms with van der Waals surface area (Å²) in [6, 6.07) is 6.28. The second-order valence-electron chi connectivity index (χ2n) is 2.67. The molecule has 2 rings (SSSR count). The lowest BCUT2D eigenvalue weighted by atomic mass is 10.2. The highest BCUT2D eigenvalue weighted by atomic mass is 79.9. The van der Waals surface area contributed by atoms with Gasteiger partial charge in [-0.15, -0.1) is 11.3 Å². The van der Waals surface area contributed by atoms with Gasteiger partial charge in [-0.1, -0.05) is 0 Å². The highest BCUT2D eigenvalue weighted by Crippen LogP contribution is 2.32. The Labute approximate surface area is 89.5 Å². The quantitative estimate of drug-likeness (QED) is 0.788. The van der Waals surface area contributed by atoms with Gasteiger partial charge in [0.15, 0.2) is 0 Å². The Balaban J connectivity index is 2.56. The van der Waals surface area contributed by atoms with E-state index < -0.39 is 0 Å². The van der Waals surface area contributed by atoms with Crippen molar-refractivity contribution < 1.29 is 4.74 Å². The fourth-order valence-electron chi connectivity index (χ4n) is 1.23. The molecule has 1 aromatic heterocycles. The Kier molecular flexibility index (Phi) is 2.56. The van der Waals surface area contributed by atoms with E-state index in [1.54, 1.807) is 11.3 Å². The largest absolute Gasteiger partial charge is 0.493 e. The molecule has 3 heteroatoms. The van der Waals surface area contributed by atoms with E-state index in [0.29, 0.717) is 6.61 Å². The summed E-state index contributed by atoms with van der Waals surface area (Å²) in [5, 5.41) is 3.35. The summed E-state index contributed by atoms with van der Waals surface area (Å²) < 4.78 is 7.77. The molecule has 0 atom stereocenters. The van der Waals surface area contributed by atoms with Crippen LogP contribution in [0.15, 0.2) is 28.1 Å². The molecule has 0 saturated heterocycles. The van der Waals surface area contributed by atoms with Crippen LogP contribution in [0.25, 0.3) is 10.1 Å². The Morgan fingerprint density at radius 3 is 3.08 bits per heavy atom. The molecule has 2 aromatic rings. The van der Waals surface area contributed by atoms with Crippen molar-refractivity contribution in [3.63, 3.8) is 0 Å². The Hall–Kier alpha value is -0.540. The maximum absolute atomic E-state index is 5.47. The van der Waals surface area contributed by atoms with Crippen LogP contribution in [-0.2, 0) is 0 Å². The van der Waals surface area contributed by atoms with Crippen molar-refractivity contribution >= 4 is 37.4 Å². The van der Waals surface area contributed by atoms with Gasteiger partial charge in [0.2, 0.25) is 0 Å². The van der Waals surface area contributed by atoms with Crippen LogP contribution >= 0.6 is 27.3 Å². The summed E-state index contributed by atoms with van der Waals surface area (Å²) >= 11 is 5.22. The van der Waals surface area contributed by atoms with E-state index in [2.05, 4.69) is 39.5 Å². The lowest BCUT2D eigenvalue weighted by Gasteiger charge is -2.05. The molecule has 0 amide bonds. The van der Waals surface area contributed by atoms with Gasteiger partial charge in [0.1, 0.15) is 5.75 Å². The molecular formula is C10H9BrOS. The normalized spacial score (nSPS) is 10.6. The van der Waals surface area contributed by atoms with Crippen LogP contribution in [0.4, 0.5) is 0 Å². The Morgan fingerprint density at radius 2 is 2.31 bits per heavy atom. The molecule has 68 valence electrons. The third-order valence-corrected chi connectivity index (χ3v) is 3.31. The first-order valence-corrected chi connectivity index (χ1v) is 5.78. The van der Waals surface area contributed by atoms with Crippen LogP contribution in [0.2, 0.25) is 0 Å². The van der Waals surface area contributed by atoms with Crippen molar-refractivity contribution in [3.8, 4) is 5.75 Å². The standard InChI is InChI=1S/C10H9BrOS/c1-2-12-9-6-10-7(3-4-13-10)5-8(9)11/h3-6H,2H2,1H3. The molecule has 0 N–H and O–H groups in total. The first-order chi connectivity index (χ1) is 6.31. The van der Waals surface area contributed by atoms with E-state index in [9.17, 15) is 0 Å².